The van der Waals surface area contributed by atoms with E-state index in [1.54, 1.807) is 6.07 Å². The van der Waals surface area contributed by atoms with E-state index >= 15 is 0 Å². The average molecular weight is 297 g/mol. The van der Waals surface area contributed by atoms with Crippen LogP contribution in [0.25, 0.3) is 0 Å². The topological polar surface area (TPSA) is 41.1 Å². The van der Waals surface area contributed by atoms with E-state index in [1.165, 1.54) is 25.9 Å². The highest BCUT2D eigenvalue weighted by molar-refractivity contribution is 6.29. The zero-order valence-corrected chi connectivity index (χ0v) is 13.7. The van der Waals surface area contributed by atoms with Gasteiger partial charge in [-0.05, 0) is 32.9 Å². The van der Waals surface area contributed by atoms with Gasteiger partial charge in [0.2, 0.25) is 0 Å². The lowest BCUT2D eigenvalue weighted by Gasteiger charge is -2.24. The number of hydrogen-bond acceptors (Lipinski definition) is 4. The molecule has 5 heteroatoms. The molecule has 0 radical (unpaired) electrons. The van der Waals surface area contributed by atoms with Gasteiger partial charge < -0.3 is 5.32 Å². The first-order chi connectivity index (χ1) is 9.36. The van der Waals surface area contributed by atoms with Gasteiger partial charge in [0.15, 0.2) is 0 Å². The largest absolute Gasteiger partial charge is 0.368 e. The van der Waals surface area contributed by atoms with Crippen LogP contribution in [0.15, 0.2) is 6.07 Å². The Morgan fingerprint density at radius 2 is 1.95 bits per heavy atom. The van der Waals surface area contributed by atoms with E-state index in [-0.39, 0.29) is 5.41 Å². The van der Waals surface area contributed by atoms with Gasteiger partial charge in [0.05, 0.1) is 0 Å². The first-order valence-electron chi connectivity index (χ1n) is 7.39. The fourth-order valence-electron chi connectivity index (χ4n) is 2.41. The molecule has 0 aliphatic carbocycles. The Balaban J connectivity index is 2.00. The van der Waals surface area contributed by atoms with E-state index in [4.69, 9.17) is 11.6 Å². The quantitative estimate of drug-likeness (QED) is 0.865. The second-order valence-corrected chi connectivity index (χ2v) is 7.01. The molecule has 112 valence electrons. The van der Waals surface area contributed by atoms with E-state index in [0.29, 0.717) is 11.2 Å². The summed E-state index contributed by atoms with van der Waals surface area (Å²) in [5, 5.41) is 3.90. The minimum atomic E-state index is -0.0953. The number of nitrogens with one attached hydrogen (secondary N) is 1. The van der Waals surface area contributed by atoms with Crippen LogP contribution in [0, 0.1) is 0 Å². The first kappa shape index (κ1) is 15.5. The van der Waals surface area contributed by atoms with Crippen molar-refractivity contribution in [2.24, 2.45) is 0 Å². The standard InChI is InChI=1S/C15H25ClN4/c1-11(20-7-5-6-8-20)10-17-13-9-12(16)18-14(19-13)15(2,3)4/h9,11H,5-8,10H2,1-4H3,(H,17,18,19). The van der Waals surface area contributed by atoms with Crippen LogP contribution in [0.2, 0.25) is 5.15 Å². The highest BCUT2D eigenvalue weighted by Gasteiger charge is 2.20. The number of likely N-dealkylation sites (tertiary alicyclic amines) is 1. The van der Waals surface area contributed by atoms with Gasteiger partial charge >= 0.3 is 0 Å². The molecule has 1 saturated heterocycles. The third-order valence-corrected chi connectivity index (χ3v) is 3.90. The molecule has 1 aliphatic heterocycles. The SMILES string of the molecule is CC(CNc1cc(Cl)nc(C(C)(C)C)n1)N1CCCC1. The molecule has 1 atom stereocenters. The fraction of sp³-hybridized carbons (Fsp3) is 0.733. The smallest absolute Gasteiger partial charge is 0.137 e. The van der Waals surface area contributed by atoms with E-state index in [0.717, 1.165) is 18.2 Å². The minimum Gasteiger partial charge on any atom is -0.368 e. The van der Waals surface area contributed by atoms with Gasteiger partial charge in [-0.15, -0.1) is 0 Å². The number of hydrogen-bond donors (Lipinski definition) is 1. The third kappa shape index (κ3) is 4.06. The Kier molecular flexibility index (Phi) is 4.86. The molecule has 4 nitrogen and oxygen atoms in total. The molecule has 20 heavy (non-hydrogen) atoms. The fourth-order valence-corrected chi connectivity index (χ4v) is 2.59. The normalized spacial score (nSPS) is 18.2. The number of nitrogens with zero attached hydrogens (tertiary/aromatic N) is 3. The molecule has 1 N–H and O–H groups in total. The van der Waals surface area contributed by atoms with Crippen LogP contribution in [0.1, 0.15) is 46.4 Å². The van der Waals surface area contributed by atoms with Gasteiger partial charge in [0, 0.05) is 24.1 Å². The van der Waals surface area contributed by atoms with Crippen LogP contribution in [0.5, 0.6) is 0 Å². The molecule has 2 rings (SSSR count). The minimum absolute atomic E-state index is 0.0953. The lowest BCUT2D eigenvalue weighted by atomic mass is 9.96. The van der Waals surface area contributed by atoms with Gasteiger partial charge in [-0.25, -0.2) is 9.97 Å². The van der Waals surface area contributed by atoms with Crippen molar-refractivity contribution >= 4 is 17.4 Å². The van der Waals surface area contributed by atoms with E-state index < -0.39 is 0 Å². The zero-order chi connectivity index (χ0) is 14.8. The van der Waals surface area contributed by atoms with Crippen molar-refractivity contribution in [1.29, 1.82) is 0 Å². The lowest BCUT2D eigenvalue weighted by Crippen LogP contribution is -2.35. The maximum Gasteiger partial charge on any atom is 0.137 e. The molecule has 1 aromatic heterocycles. The molecule has 1 unspecified atom stereocenters. The Morgan fingerprint density at radius 3 is 2.55 bits per heavy atom. The number of anilines is 1. The van der Waals surface area contributed by atoms with Crippen molar-refractivity contribution in [2.75, 3.05) is 25.0 Å². The highest BCUT2D eigenvalue weighted by atomic mass is 35.5. The zero-order valence-electron chi connectivity index (χ0n) is 12.9. The van der Waals surface area contributed by atoms with Crippen molar-refractivity contribution in [3.8, 4) is 0 Å². The average Bonchev–Trinajstić information content (AvgIpc) is 2.88. The predicted molar refractivity (Wildman–Crippen MR) is 84.5 cm³/mol. The van der Waals surface area contributed by atoms with Gasteiger partial charge in [0.25, 0.3) is 0 Å². The summed E-state index contributed by atoms with van der Waals surface area (Å²) in [6.45, 7) is 11.8. The molecule has 0 bridgehead atoms. The van der Waals surface area contributed by atoms with Gasteiger partial charge in [0.1, 0.15) is 16.8 Å². The summed E-state index contributed by atoms with van der Waals surface area (Å²) < 4.78 is 0. The Hall–Kier alpha value is -0.870. The second-order valence-electron chi connectivity index (χ2n) is 6.62. The van der Waals surface area contributed by atoms with Gasteiger partial charge in [-0.3, -0.25) is 4.90 Å². The van der Waals surface area contributed by atoms with Crippen molar-refractivity contribution < 1.29 is 0 Å². The summed E-state index contributed by atoms with van der Waals surface area (Å²) in [6.07, 6.45) is 2.63. The predicted octanol–water partition coefficient (Wildman–Crippen LogP) is 3.32. The van der Waals surface area contributed by atoms with Crippen molar-refractivity contribution in [3.63, 3.8) is 0 Å². The van der Waals surface area contributed by atoms with Crippen molar-refractivity contribution in [1.82, 2.24) is 14.9 Å². The molecule has 1 aliphatic rings. The lowest BCUT2D eigenvalue weighted by molar-refractivity contribution is 0.269. The van der Waals surface area contributed by atoms with Crippen LogP contribution in [0.4, 0.5) is 5.82 Å². The van der Waals surface area contributed by atoms with Gasteiger partial charge in [-0.1, -0.05) is 32.4 Å². The Morgan fingerprint density at radius 1 is 1.30 bits per heavy atom. The van der Waals surface area contributed by atoms with E-state index in [2.05, 4.69) is 47.9 Å². The van der Waals surface area contributed by atoms with Crippen molar-refractivity contribution in [3.05, 3.63) is 17.0 Å². The first-order valence-corrected chi connectivity index (χ1v) is 7.77. The molecule has 0 spiro atoms. The summed E-state index contributed by atoms with van der Waals surface area (Å²) in [6, 6.07) is 2.32. The molecular weight excluding hydrogens is 272 g/mol. The Labute approximate surface area is 126 Å². The number of aromatic nitrogens is 2. The highest BCUT2D eigenvalue weighted by Crippen LogP contribution is 2.22. The summed E-state index contributed by atoms with van der Waals surface area (Å²) in [4.78, 5) is 11.4. The van der Waals surface area contributed by atoms with Crippen LogP contribution in [-0.2, 0) is 5.41 Å². The van der Waals surface area contributed by atoms with Crippen LogP contribution in [0.3, 0.4) is 0 Å². The summed E-state index contributed by atoms with van der Waals surface area (Å²) in [7, 11) is 0. The number of rotatable bonds is 4. The molecule has 0 saturated carbocycles. The van der Waals surface area contributed by atoms with Crippen LogP contribution in [-0.4, -0.2) is 40.5 Å². The summed E-state index contributed by atoms with van der Waals surface area (Å²) >= 11 is 6.10. The Bertz CT molecular complexity index is 450. The second kappa shape index (κ2) is 6.27. The molecular formula is C15H25ClN4. The van der Waals surface area contributed by atoms with E-state index in [9.17, 15) is 0 Å². The van der Waals surface area contributed by atoms with Crippen LogP contribution >= 0.6 is 11.6 Å². The summed E-state index contributed by atoms with van der Waals surface area (Å²) in [5.74, 6) is 1.60. The van der Waals surface area contributed by atoms with Crippen molar-refractivity contribution in [2.45, 2.75) is 52.0 Å². The summed E-state index contributed by atoms with van der Waals surface area (Å²) in [5.41, 5.74) is -0.0953. The molecule has 0 amide bonds. The number of halogens is 1. The maximum atomic E-state index is 6.10. The van der Waals surface area contributed by atoms with E-state index in [1.807, 2.05) is 0 Å². The molecule has 1 aromatic rings. The molecule has 1 fully saturated rings. The van der Waals surface area contributed by atoms with Crippen LogP contribution < -0.4 is 5.32 Å². The maximum absolute atomic E-state index is 6.10. The molecule has 0 aromatic carbocycles. The molecule has 2 heterocycles. The third-order valence-electron chi connectivity index (χ3n) is 3.71. The van der Waals surface area contributed by atoms with Gasteiger partial charge in [-0.2, -0.15) is 0 Å². The monoisotopic (exact) mass is 296 g/mol.